The van der Waals surface area contributed by atoms with Crippen LogP contribution in [-0.4, -0.2) is 20.7 Å². The molecule has 4 rings (SSSR count). The lowest BCUT2D eigenvalue weighted by molar-refractivity contribution is 0.102. The van der Waals surface area contributed by atoms with Gasteiger partial charge in [0, 0.05) is 11.4 Å². The highest BCUT2D eigenvalue weighted by atomic mass is 16.1. The average Bonchev–Trinajstić information content (AvgIpc) is 2.99. The molecule has 0 aliphatic rings. The normalized spacial score (nSPS) is 10.9. The van der Waals surface area contributed by atoms with Crippen LogP contribution in [-0.2, 0) is 0 Å². The predicted octanol–water partition coefficient (Wildman–Crippen LogP) is 4.60. The zero-order valence-electron chi connectivity index (χ0n) is 15.5. The fraction of sp³-hybridized carbons (Fsp3) is 0.136. The first-order valence-corrected chi connectivity index (χ1v) is 8.83. The van der Waals surface area contributed by atoms with E-state index < -0.39 is 0 Å². The topological polar surface area (TPSA) is 59.8 Å². The monoisotopic (exact) mass is 356 g/mol. The largest absolute Gasteiger partial charge is 0.322 e. The van der Waals surface area contributed by atoms with Crippen LogP contribution in [0.3, 0.4) is 0 Å². The van der Waals surface area contributed by atoms with Gasteiger partial charge in [0.25, 0.3) is 5.91 Å². The Morgan fingerprint density at radius 2 is 1.67 bits per heavy atom. The molecular weight excluding hydrogens is 336 g/mol. The van der Waals surface area contributed by atoms with Crippen LogP contribution in [0.2, 0.25) is 0 Å². The second-order valence-electron chi connectivity index (χ2n) is 6.66. The van der Waals surface area contributed by atoms with E-state index in [1.54, 1.807) is 4.68 Å². The Balaban J connectivity index is 1.85. The summed E-state index contributed by atoms with van der Waals surface area (Å²) in [7, 11) is 0. The Hall–Kier alpha value is -3.47. The van der Waals surface area contributed by atoms with Crippen LogP contribution in [0.15, 0.2) is 60.7 Å². The third-order valence-corrected chi connectivity index (χ3v) is 4.50. The fourth-order valence-corrected chi connectivity index (χ4v) is 3.18. The average molecular weight is 356 g/mol. The molecule has 0 bridgehead atoms. The van der Waals surface area contributed by atoms with Crippen LogP contribution in [0.1, 0.15) is 27.3 Å². The summed E-state index contributed by atoms with van der Waals surface area (Å²) in [4.78, 5) is 17.6. The van der Waals surface area contributed by atoms with Crippen molar-refractivity contribution in [2.24, 2.45) is 0 Å². The maximum Gasteiger partial charge on any atom is 0.256 e. The van der Waals surface area contributed by atoms with Gasteiger partial charge in [0.15, 0.2) is 5.65 Å². The Labute approximate surface area is 157 Å². The maximum absolute atomic E-state index is 12.9. The number of aromatic nitrogens is 3. The van der Waals surface area contributed by atoms with Crippen LogP contribution in [0.5, 0.6) is 0 Å². The standard InChI is InChI=1S/C22H20N4O/c1-14-9-11-18(12-10-14)26-21-20(16(3)25-26)19(13-15(2)23-21)22(27)24-17-7-5-4-6-8-17/h4-13H,1-3H3,(H,24,27). The van der Waals surface area contributed by atoms with E-state index in [4.69, 9.17) is 0 Å². The predicted molar refractivity (Wildman–Crippen MR) is 107 cm³/mol. The molecule has 1 amide bonds. The molecule has 2 aromatic carbocycles. The maximum atomic E-state index is 12.9. The van der Waals surface area contributed by atoms with Gasteiger partial charge in [0.1, 0.15) is 0 Å². The van der Waals surface area contributed by atoms with Gasteiger partial charge in [-0.25, -0.2) is 9.67 Å². The Bertz CT molecular complexity index is 1130. The molecule has 0 spiro atoms. The lowest BCUT2D eigenvalue weighted by Crippen LogP contribution is -2.13. The summed E-state index contributed by atoms with van der Waals surface area (Å²) in [6.45, 7) is 5.84. The van der Waals surface area contributed by atoms with Gasteiger partial charge in [-0.3, -0.25) is 4.79 Å². The first-order chi connectivity index (χ1) is 13.0. The van der Waals surface area contributed by atoms with E-state index in [1.165, 1.54) is 5.56 Å². The van der Waals surface area contributed by atoms with Crippen molar-refractivity contribution in [3.63, 3.8) is 0 Å². The van der Waals surface area contributed by atoms with Crippen LogP contribution in [0, 0.1) is 20.8 Å². The van der Waals surface area contributed by atoms with Crippen molar-refractivity contribution in [1.82, 2.24) is 14.8 Å². The van der Waals surface area contributed by atoms with Crippen molar-refractivity contribution in [2.45, 2.75) is 20.8 Å². The number of hydrogen-bond acceptors (Lipinski definition) is 3. The number of carbonyl (C=O) groups excluding carboxylic acids is 1. The SMILES string of the molecule is Cc1ccc(-n2nc(C)c3c(C(=O)Nc4ccccc4)cc(C)nc32)cc1. The molecule has 2 heterocycles. The van der Waals surface area contributed by atoms with Gasteiger partial charge < -0.3 is 5.32 Å². The van der Waals surface area contributed by atoms with Gasteiger partial charge in [-0.1, -0.05) is 35.9 Å². The van der Waals surface area contributed by atoms with E-state index in [-0.39, 0.29) is 5.91 Å². The molecular formula is C22H20N4O. The highest BCUT2D eigenvalue weighted by molar-refractivity contribution is 6.12. The molecule has 134 valence electrons. The molecule has 0 unspecified atom stereocenters. The van der Waals surface area contributed by atoms with Crippen molar-refractivity contribution in [2.75, 3.05) is 5.32 Å². The molecule has 0 radical (unpaired) electrons. The van der Waals surface area contributed by atoms with E-state index in [0.29, 0.717) is 11.2 Å². The van der Waals surface area contributed by atoms with Crippen molar-refractivity contribution in [3.8, 4) is 5.69 Å². The number of aryl methyl sites for hydroxylation is 3. The van der Waals surface area contributed by atoms with Crippen molar-refractivity contribution in [1.29, 1.82) is 0 Å². The number of amides is 1. The zero-order valence-corrected chi connectivity index (χ0v) is 15.5. The van der Waals surface area contributed by atoms with Crippen LogP contribution in [0.25, 0.3) is 16.7 Å². The first kappa shape index (κ1) is 17.0. The number of nitrogens with one attached hydrogen (secondary N) is 1. The Morgan fingerprint density at radius 1 is 0.963 bits per heavy atom. The van der Waals surface area contributed by atoms with E-state index in [1.807, 2.05) is 81.4 Å². The van der Waals surface area contributed by atoms with Crippen molar-refractivity contribution < 1.29 is 4.79 Å². The highest BCUT2D eigenvalue weighted by Crippen LogP contribution is 2.25. The second-order valence-corrected chi connectivity index (χ2v) is 6.66. The number of rotatable bonds is 3. The van der Waals surface area contributed by atoms with E-state index in [2.05, 4.69) is 15.4 Å². The third kappa shape index (κ3) is 3.19. The zero-order chi connectivity index (χ0) is 19.0. The number of nitrogens with zero attached hydrogens (tertiary/aromatic N) is 3. The van der Waals surface area contributed by atoms with Gasteiger partial charge in [-0.2, -0.15) is 5.10 Å². The second kappa shape index (κ2) is 6.68. The molecule has 0 aliphatic carbocycles. The number of fused-ring (bicyclic) bond motifs is 1. The number of pyridine rings is 1. The summed E-state index contributed by atoms with van der Waals surface area (Å²) in [5.74, 6) is -0.164. The number of anilines is 1. The van der Waals surface area contributed by atoms with Gasteiger partial charge >= 0.3 is 0 Å². The van der Waals surface area contributed by atoms with Crippen molar-refractivity contribution in [3.05, 3.63) is 83.2 Å². The third-order valence-electron chi connectivity index (χ3n) is 4.50. The Morgan fingerprint density at radius 3 is 2.37 bits per heavy atom. The first-order valence-electron chi connectivity index (χ1n) is 8.83. The molecule has 0 saturated carbocycles. The molecule has 0 atom stereocenters. The van der Waals surface area contributed by atoms with Crippen LogP contribution in [0.4, 0.5) is 5.69 Å². The summed E-state index contributed by atoms with van der Waals surface area (Å²) in [5.41, 5.74) is 5.68. The minimum absolute atomic E-state index is 0.164. The Kier molecular flexibility index (Phi) is 4.20. The van der Waals surface area contributed by atoms with Crippen molar-refractivity contribution >= 4 is 22.6 Å². The molecule has 0 fully saturated rings. The lowest BCUT2D eigenvalue weighted by atomic mass is 10.1. The number of benzene rings is 2. The quantitative estimate of drug-likeness (QED) is 0.584. The molecule has 1 N–H and O–H groups in total. The molecule has 0 aliphatic heterocycles. The molecule has 2 aromatic heterocycles. The summed E-state index contributed by atoms with van der Waals surface area (Å²) in [6.07, 6.45) is 0. The minimum Gasteiger partial charge on any atom is -0.322 e. The van der Waals surface area contributed by atoms with Gasteiger partial charge in [0.2, 0.25) is 0 Å². The number of hydrogen-bond donors (Lipinski definition) is 1. The van der Waals surface area contributed by atoms with E-state index >= 15 is 0 Å². The molecule has 27 heavy (non-hydrogen) atoms. The fourth-order valence-electron chi connectivity index (χ4n) is 3.18. The summed E-state index contributed by atoms with van der Waals surface area (Å²) >= 11 is 0. The summed E-state index contributed by atoms with van der Waals surface area (Å²) < 4.78 is 1.80. The van der Waals surface area contributed by atoms with Crippen LogP contribution >= 0.6 is 0 Å². The van der Waals surface area contributed by atoms with E-state index in [9.17, 15) is 4.79 Å². The van der Waals surface area contributed by atoms with E-state index in [0.717, 1.165) is 28.1 Å². The number of carbonyl (C=O) groups is 1. The summed E-state index contributed by atoms with van der Waals surface area (Å²) in [5, 5.41) is 8.39. The lowest BCUT2D eigenvalue weighted by Gasteiger charge is -2.08. The molecule has 5 heteroatoms. The number of para-hydroxylation sites is 1. The molecule has 4 aromatic rings. The van der Waals surface area contributed by atoms with Gasteiger partial charge in [-0.15, -0.1) is 0 Å². The summed E-state index contributed by atoms with van der Waals surface area (Å²) in [6, 6.07) is 19.3. The molecule has 0 saturated heterocycles. The van der Waals surface area contributed by atoms with Gasteiger partial charge in [-0.05, 0) is 51.1 Å². The minimum atomic E-state index is -0.164. The smallest absolute Gasteiger partial charge is 0.256 e. The highest BCUT2D eigenvalue weighted by Gasteiger charge is 2.19. The van der Waals surface area contributed by atoms with Crippen LogP contribution < -0.4 is 5.32 Å². The molecule has 5 nitrogen and oxygen atoms in total. The van der Waals surface area contributed by atoms with Gasteiger partial charge in [0.05, 0.1) is 22.3 Å².